The molecule has 3 aliphatic rings. The minimum atomic E-state index is -0.734. The zero-order valence-electron chi connectivity index (χ0n) is 19.6. The summed E-state index contributed by atoms with van der Waals surface area (Å²) in [5.74, 6) is 1.21. The van der Waals surface area contributed by atoms with Gasteiger partial charge in [0.05, 0.1) is 12.7 Å². The summed E-state index contributed by atoms with van der Waals surface area (Å²) in [6.07, 6.45) is 2.95. The summed E-state index contributed by atoms with van der Waals surface area (Å²) < 4.78 is 11.5. The lowest BCUT2D eigenvalue weighted by molar-refractivity contribution is -0.0260. The minimum Gasteiger partial charge on any atom is -0.486 e. The van der Waals surface area contributed by atoms with Gasteiger partial charge >= 0.3 is 5.97 Å². The molecule has 1 aliphatic heterocycles. The van der Waals surface area contributed by atoms with E-state index < -0.39 is 6.10 Å². The molecule has 0 radical (unpaired) electrons. The monoisotopic (exact) mass is 442 g/mol. The van der Waals surface area contributed by atoms with Crippen molar-refractivity contribution in [3.8, 4) is 5.75 Å². The van der Waals surface area contributed by atoms with E-state index in [1.807, 2.05) is 36.4 Å². The van der Waals surface area contributed by atoms with Gasteiger partial charge in [-0.3, -0.25) is 0 Å². The second kappa shape index (κ2) is 6.60. The first-order valence-electron chi connectivity index (χ1n) is 11.8. The third kappa shape index (κ3) is 2.53. The van der Waals surface area contributed by atoms with Gasteiger partial charge in [-0.05, 0) is 89.8 Å². The Balaban J connectivity index is 1.38. The molecule has 1 N–H and O–H groups in total. The first kappa shape index (κ1) is 20.7. The largest absolute Gasteiger partial charge is 0.486 e. The molecule has 3 aromatic carbocycles. The first-order valence-corrected chi connectivity index (χ1v) is 11.8. The lowest BCUT2D eigenvalue weighted by atomic mass is 9.56. The Morgan fingerprint density at radius 2 is 1.73 bits per heavy atom. The zero-order chi connectivity index (χ0) is 23.2. The normalized spacial score (nSPS) is 32.3. The smallest absolute Gasteiger partial charge is 0.337 e. The maximum Gasteiger partial charge on any atom is 0.337 e. The van der Waals surface area contributed by atoms with Crippen molar-refractivity contribution < 1.29 is 19.4 Å². The number of rotatable bonds is 3. The highest BCUT2D eigenvalue weighted by Crippen LogP contribution is 2.73. The molecule has 0 spiro atoms. The molecule has 1 heterocycles. The van der Waals surface area contributed by atoms with Gasteiger partial charge < -0.3 is 14.6 Å². The number of hydrogen-bond donors (Lipinski definition) is 1. The molecule has 4 nitrogen and oxygen atoms in total. The van der Waals surface area contributed by atoms with Crippen LogP contribution in [0.15, 0.2) is 54.6 Å². The first-order chi connectivity index (χ1) is 15.7. The summed E-state index contributed by atoms with van der Waals surface area (Å²) in [7, 11) is 1.38. The van der Waals surface area contributed by atoms with Crippen molar-refractivity contribution >= 4 is 16.7 Å². The maximum absolute atomic E-state index is 11.8. The van der Waals surface area contributed by atoms with Gasteiger partial charge in [0.25, 0.3) is 0 Å². The van der Waals surface area contributed by atoms with Crippen LogP contribution in [-0.4, -0.2) is 23.8 Å². The van der Waals surface area contributed by atoms with E-state index in [9.17, 15) is 9.90 Å². The van der Waals surface area contributed by atoms with Gasteiger partial charge in [-0.2, -0.15) is 0 Å². The van der Waals surface area contributed by atoms with Gasteiger partial charge in [-0.1, -0.05) is 38.1 Å². The second-order valence-electron chi connectivity index (χ2n) is 10.8. The fraction of sp³-hybridized carbons (Fsp3) is 0.414. The quantitative estimate of drug-likeness (QED) is 0.510. The summed E-state index contributed by atoms with van der Waals surface area (Å²) in [5, 5.41) is 13.2. The van der Waals surface area contributed by atoms with Crippen LogP contribution in [0.4, 0.5) is 0 Å². The average molecular weight is 443 g/mol. The van der Waals surface area contributed by atoms with Crippen LogP contribution >= 0.6 is 0 Å². The topological polar surface area (TPSA) is 55.8 Å². The molecule has 2 aliphatic carbocycles. The van der Waals surface area contributed by atoms with Crippen LogP contribution in [0.25, 0.3) is 10.8 Å². The van der Waals surface area contributed by atoms with Gasteiger partial charge in [-0.15, -0.1) is 0 Å². The molecule has 0 aromatic heterocycles. The number of ether oxygens (including phenoxy) is 2. The lowest BCUT2D eigenvalue weighted by Crippen LogP contribution is -2.54. The van der Waals surface area contributed by atoms with Crippen LogP contribution in [-0.2, 0) is 10.2 Å². The van der Waals surface area contributed by atoms with Gasteiger partial charge in [-0.25, -0.2) is 4.79 Å². The molecule has 5 unspecified atom stereocenters. The summed E-state index contributed by atoms with van der Waals surface area (Å²) in [5.41, 5.74) is 3.48. The molecule has 5 atom stereocenters. The fourth-order valence-corrected chi connectivity index (χ4v) is 7.25. The Bertz CT molecular complexity index is 1310. The zero-order valence-corrected chi connectivity index (χ0v) is 19.6. The van der Waals surface area contributed by atoms with E-state index in [1.54, 1.807) is 6.07 Å². The Labute approximate surface area is 194 Å². The number of carbonyl (C=O) groups excluding carboxylic acids is 1. The molecular weight excluding hydrogens is 412 g/mol. The molecule has 6 rings (SSSR count). The molecule has 2 saturated carbocycles. The number of aliphatic hydroxyl groups is 1. The van der Waals surface area contributed by atoms with Crippen LogP contribution in [0.2, 0.25) is 0 Å². The number of fused-ring (bicyclic) bond motifs is 8. The Morgan fingerprint density at radius 3 is 2.52 bits per heavy atom. The third-order valence-electron chi connectivity index (χ3n) is 9.50. The molecule has 2 fully saturated rings. The number of methoxy groups -OCH3 is 1. The van der Waals surface area contributed by atoms with E-state index in [0.29, 0.717) is 11.5 Å². The third-order valence-corrected chi connectivity index (χ3v) is 9.50. The lowest BCUT2D eigenvalue weighted by Gasteiger charge is -2.48. The van der Waals surface area contributed by atoms with E-state index in [0.717, 1.165) is 27.6 Å². The summed E-state index contributed by atoms with van der Waals surface area (Å²) in [6, 6.07) is 17.6. The molecular formula is C29H30O4. The van der Waals surface area contributed by atoms with Crippen molar-refractivity contribution in [1.29, 1.82) is 0 Å². The Morgan fingerprint density at radius 1 is 1.03 bits per heavy atom. The molecule has 4 heteroatoms. The molecule has 3 aromatic rings. The average Bonchev–Trinajstić information content (AvgIpc) is 3.40. The predicted octanol–water partition coefficient (Wildman–Crippen LogP) is 5.94. The number of aliphatic hydroxyl groups excluding tert-OH is 1. The maximum atomic E-state index is 11.8. The molecule has 170 valence electrons. The van der Waals surface area contributed by atoms with Crippen LogP contribution in [0.5, 0.6) is 5.75 Å². The highest BCUT2D eigenvalue weighted by molar-refractivity contribution is 5.95. The van der Waals surface area contributed by atoms with Gasteiger partial charge in [0.1, 0.15) is 17.5 Å². The standard InChI is InChI=1S/C29H30O4/c1-27-12-11-22(16-27)29(3)28(27,2)23-15-20(9-10-24(23)33-29)25(30)19-7-5-18-14-21(26(31)32-4)8-6-17(18)13-19/h5-10,13-15,22,25,30H,11-12,16H2,1-4H3. The molecule has 33 heavy (non-hydrogen) atoms. The van der Waals surface area contributed by atoms with E-state index in [-0.39, 0.29) is 22.4 Å². The molecule has 0 saturated heterocycles. The minimum absolute atomic E-state index is 0.0539. The van der Waals surface area contributed by atoms with Crippen molar-refractivity contribution in [2.75, 3.05) is 7.11 Å². The van der Waals surface area contributed by atoms with Crippen molar-refractivity contribution in [3.63, 3.8) is 0 Å². The SMILES string of the molecule is COC(=O)c1ccc2cc(C(O)c3ccc4c(c3)C3(C)C5(C)CCC(C5)C3(C)O4)ccc2c1. The molecule has 2 bridgehead atoms. The highest BCUT2D eigenvalue weighted by Gasteiger charge is 2.73. The van der Waals surface area contributed by atoms with E-state index in [4.69, 9.17) is 9.47 Å². The predicted molar refractivity (Wildman–Crippen MR) is 128 cm³/mol. The van der Waals surface area contributed by atoms with Crippen LogP contribution in [0, 0.1) is 11.3 Å². The second-order valence-corrected chi connectivity index (χ2v) is 10.8. The van der Waals surface area contributed by atoms with Crippen molar-refractivity contribution in [2.24, 2.45) is 11.3 Å². The van der Waals surface area contributed by atoms with E-state index in [1.165, 1.54) is 31.9 Å². The van der Waals surface area contributed by atoms with E-state index >= 15 is 0 Å². The van der Waals surface area contributed by atoms with Gasteiger partial charge in [0, 0.05) is 11.0 Å². The Hall–Kier alpha value is -2.85. The number of esters is 1. The van der Waals surface area contributed by atoms with E-state index in [2.05, 4.69) is 32.9 Å². The van der Waals surface area contributed by atoms with Crippen molar-refractivity contribution in [3.05, 3.63) is 76.9 Å². The van der Waals surface area contributed by atoms with Crippen LogP contribution < -0.4 is 4.74 Å². The van der Waals surface area contributed by atoms with Gasteiger partial charge in [0.15, 0.2) is 0 Å². The fourth-order valence-electron chi connectivity index (χ4n) is 7.25. The number of benzene rings is 3. The highest BCUT2D eigenvalue weighted by atomic mass is 16.5. The number of carbonyl (C=O) groups is 1. The number of hydrogen-bond acceptors (Lipinski definition) is 4. The van der Waals surface area contributed by atoms with Crippen LogP contribution in [0.1, 0.15) is 73.2 Å². The summed E-state index contributed by atoms with van der Waals surface area (Å²) in [6.45, 7) is 7.10. The van der Waals surface area contributed by atoms with Crippen molar-refractivity contribution in [2.45, 2.75) is 57.2 Å². The van der Waals surface area contributed by atoms with Gasteiger partial charge in [0.2, 0.25) is 0 Å². The van der Waals surface area contributed by atoms with Crippen LogP contribution in [0.3, 0.4) is 0 Å². The molecule has 0 amide bonds. The van der Waals surface area contributed by atoms with Crippen molar-refractivity contribution in [1.82, 2.24) is 0 Å². The summed E-state index contributed by atoms with van der Waals surface area (Å²) in [4.78, 5) is 11.8. The summed E-state index contributed by atoms with van der Waals surface area (Å²) >= 11 is 0. The Kier molecular flexibility index (Phi) is 4.15.